The highest BCUT2D eigenvalue weighted by Crippen LogP contribution is 2.31. The fourth-order valence-corrected chi connectivity index (χ4v) is 3.31. The number of hydrogen-bond acceptors (Lipinski definition) is 8. The Morgan fingerprint density at radius 2 is 2.10 bits per heavy atom. The molecular weight excluding hydrogens is 392 g/mol. The summed E-state index contributed by atoms with van der Waals surface area (Å²) < 4.78 is 14.0. The zero-order chi connectivity index (χ0) is 21.1. The van der Waals surface area contributed by atoms with Gasteiger partial charge in [0.2, 0.25) is 0 Å². The highest BCUT2D eigenvalue weighted by atomic mass is 16.6. The van der Waals surface area contributed by atoms with E-state index in [1.165, 1.54) is 41.3 Å². The van der Waals surface area contributed by atoms with E-state index >= 15 is 0 Å². The monoisotopic (exact) mass is 412 g/mol. The van der Waals surface area contributed by atoms with E-state index in [9.17, 15) is 14.7 Å². The van der Waals surface area contributed by atoms with Crippen molar-refractivity contribution in [3.63, 3.8) is 0 Å². The number of rotatable bonds is 6. The Labute approximate surface area is 170 Å². The Kier molecular flexibility index (Phi) is 5.65. The summed E-state index contributed by atoms with van der Waals surface area (Å²) in [5, 5.41) is 17.1. The van der Waals surface area contributed by atoms with Crippen LogP contribution in [0.2, 0.25) is 0 Å². The van der Waals surface area contributed by atoms with E-state index in [0.717, 1.165) is 0 Å². The van der Waals surface area contributed by atoms with Crippen molar-refractivity contribution in [3.8, 4) is 0 Å². The number of benzene rings is 1. The molecule has 1 aliphatic heterocycles. The van der Waals surface area contributed by atoms with E-state index in [2.05, 4.69) is 20.4 Å². The first-order valence-corrected chi connectivity index (χ1v) is 9.21. The molecule has 3 aromatic rings. The lowest BCUT2D eigenvalue weighted by molar-refractivity contribution is -0.0564. The minimum Gasteiger partial charge on any atom is -0.387 e. The molecule has 1 aromatic carbocycles. The molecule has 1 aliphatic rings. The number of methoxy groups -OCH3 is 1. The van der Waals surface area contributed by atoms with Crippen molar-refractivity contribution in [3.05, 3.63) is 71.3 Å². The standard InChI is InChI=1S/C19H20N6O5/c1-29-16-15(26)13(9-24-11-20-10-21-24)30-18(16)25-8-7-14(23-19(25)28)22-17(27)12-5-3-2-4-6-12/h2-8,10-11,13,15-16,18,26H,9H2,1H3,(H,22,23,27,28)/t13-,15-,16-,18-/m1/s1. The Hall–Kier alpha value is -3.41. The number of nitrogens with one attached hydrogen (secondary N) is 1. The van der Waals surface area contributed by atoms with Crippen molar-refractivity contribution in [1.82, 2.24) is 24.3 Å². The van der Waals surface area contributed by atoms with Crippen LogP contribution < -0.4 is 11.0 Å². The molecule has 11 heteroatoms. The van der Waals surface area contributed by atoms with Gasteiger partial charge in [-0.1, -0.05) is 18.2 Å². The molecule has 156 valence electrons. The van der Waals surface area contributed by atoms with E-state index in [0.29, 0.717) is 5.56 Å². The fraction of sp³-hybridized carbons (Fsp3) is 0.316. The van der Waals surface area contributed by atoms with Gasteiger partial charge < -0.3 is 19.9 Å². The molecule has 1 saturated heterocycles. The SMILES string of the molecule is CO[C@@H]1[C@H](O)[C@@H](Cn2cncn2)O[C@H]1n1ccc(NC(=O)c2ccccc2)nc1=O. The lowest BCUT2D eigenvalue weighted by Gasteiger charge is -2.20. The maximum absolute atomic E-state index is 12.6. The number of aliphatic hydroxyl groups is 1. The summed E-state index contributed by atoms with van der Waals surface area (Å²) in [6.07, 6.45) is 0.990. The lowest BCUT2D eigenvalue weighted by Crippen LogP contribution is -2.37. The first kappa shape index (κ1) is 19.9. The average Bonchev–Trinajstić information content (AvgIpc) is 3.37. The van der Waals surface area contributed by atoms with Crippen molar-refractivity contribution in [2.75, 3.05) is 12.4 Å². The average molecular weight is 412 g/mol. The van der Waals surface area contributed by atoms with Gasteiger partial charge in [0.15, 0.2) is 6.23 Å². The Bertz CT molecular complexity index is 1050. The molecule has 1 amide bonds. The van der Waals surface area contributed by atoms with E-state index in [1.807, 2.05) is 0 Å². The van der Waals surface area contributed by atoms with Crippen molar-refractivity contribution in [2.24, 2.45) is 0 Å². The second-order valence-corrected chi connectivity index (χ2v) is 6.70. The van der Waals surface area contributed by atoms with Crippen LogP contribution in [0.1, 0.15) is 16.6 Å². The molecule has 11 nitrogen and oxygen atoms in total. The van der Waals surface area contributed by atoms with E-state index in [4.69, 9.17) is 9.47 Å². The zero-order valence-corrected chi connectivity index (χ0v) is 16.0. The van der Waals surface area contributed by atoms with Gasteiger partial charge in [-0.25, -0.2) is 9.78 Å². The molecule has 0 radical (unpaired) electrons. The Morgan fingerprint density at radius 1 is 1.30 bits per heavy atom. The number of aromatic nitrogens is 5. The Morgan fingerprint density at radius 3 is 2.77 bits per heavy atom. The quantitative estimate of drug-likeness (QED) is 0.581. The molecule has 4 atom stereocenters. The van der Waals surface area contributed by atoms with Gasteiger partial charge in [-0.05, 0) is 18.2 Å². The minimum atomic E-state index is -0.992. The number of carbonyl (C=O) groups is 1. The summed E-state index contributed by atoms with van der Waals surface area (Å²) >= 11 is 0. The normalized spacial score (nSPS) is 23.4. The van der Waals surface area contributed by atoms with Crippen LogP contribution in [0.3, 0.4) is 0 Å². The summed E-state index contributed by atoms with van der Waals surface area (Å²) in [5.41, 5.74) is -0.206. The summed E-state index contributed by atoms with van der Waals surface area (Å²) in [5.74, 6) is -0.271. The molecule has 0 aliphatic carbocycles. The maximum atomic E-state index is 12.6. The van der Waals surface area contributed by atoms with E-state index in [-0.39, 0.29) is 18.3 Å². The molecule has 2 N–H and O–H groups in total. The second kappa shape index (κ2) is 8.53. The fourth-order valence-electron chi connectivity index (χ4n) is 3.31. The van der Waals surface area contributed by atoms with Gasteiger partial charge >= 0.3 is 5.69 Å². The Balaban J connectivity index is 1.51. The first-order chi connectivity index (χ1) is 14.6. The molecule has 0 bridgehead atoms. The number of hydrogen-bond donors (Lipinski definition) is 2. The predicted octanol–water partition coefficient (Wildman–Crippen LogP) is 0.0606. The summed E-state index contributed by atoms with van der Waals surface area (Å²) in [6, 6.07) is 10.1. The van der Waals surface area contributed by atoms with Crippen LogP contribution >= 0.6 is 0 Å². The third kappa shape index (κ3) is 3.99. The molecule has 1 fully saturated rings. The number of aliphatic hydroxyl groups excluding tert-OH is 1. The molecule has 30 heavy (non-hydrogen) atoms. The summed E-state index contributed by atoms with van der Waals surface area (Å²) in [7, 11) is 1.43. The highest BCUT2D eigenvalue weighted by Gasteiger charge is 2.45. The van der Waals surface area contributed by atoms with Gasteiger partial charge in [0, 0.05) is 18.9 Å². The van der Waals surface area contributed by atoms with Gasteiger partial charge in [-0.3, -0.25) is 14.0 Å². The van der Waals surface area contributed by atoms with Crippen LogP contribution in [0.5, 0.6) is 0 Å². The predicted molar refractivity (Wildman–Crippen MR) is 104 cm³/mol. The molecule has 0 saturated carbocycles. The highest BCUT2D eigenvalue weighted by molar-refractivity contribution is 6.03. The van der Waals surface area contributed by atoms with Crippen LogP contribution in [0, 0.1) is 0 Å². The number of nitrogens with zero attached hydrogens (tertiary/aromatic N) is 5. The second-order valence-electron chi connectivity index (χ2n) is 6.70. The van der Waals surface area contributed by atoms with Crippen LogP contribution in [0.25, 0.3) is 0 Å². The lowest BCUT2D eigenvalue weighted by atomic mass is 10.1. The summed E-state index contributed by atoms with van der Waals surface area (Å²) in [4.78, 5) is 32.6. The molecule has 4 rings (SSSR count). The number of amides is 1. The van der Waals surface area contributed by atoms with E-state index in [1.54, 1.807) is 30.3 Å². The van der Waals surface area contributed by atoms with Crippen LogP contribution in [-0.2, 0) is 16.0 Å². The van der Waals surface area contributed by atoms with Crippen molar-refractivity contribution in [1.29, 1.82) is 0 Å². The topological polar surface area (TPSA) is 133 Å². The number of anilines is 1. The smallest absolute Gasteiger partial charge is 0.351 e. The van der Waals surface area contributed by atoms with Crippen molar-refractivity contribution in [2.45, 2.75) is 31.1 Å². The number of ether oxygens (including phenoxy) is 2. The third-order valence-corrected chi connectivity index (χ3v) is 4.80. The van der Waals surface area contributed by atoms with Gasteiger partial charge in [-0.2, -0.15) is 10.1 Å². The largest absolute Gasteiger partial charge is 0.387 e. The van der Waals surface area contributed by atoms with Gasteiger partial charge in [0.25, 0.3) is 5.91 Å². The van der Waals surface area contributed by atoms with Crippen LogP contribution in [0.15, 0.2) is 60.0 Å². The molecule has 0 spiro atoms. The van der Waals surface area contributed by atoms with Crippen molar-refractivity contribution < 1.29 is 19.4 Å². The maximum Gasteiger partial charge on any atom is 0.351 e. The van der Waals surface area contributed by atoms with Gasteiger partial charge in [0.05, 0.1) is 6.54 Å². The summed E-state index contributed by atoms with van der Waals surface area (Å²) in [6.45, 7) is 0.241. The molecule has 0 unspecified atom stereocenters. The minimum absolute atomic E-state index is 0.108. The van der Waals surface area contributed by atoms with Crippen LogP contribution in [-0.4, -0.2) is 60.8 Å². The van der Waals surface area contributed by atoms with E-state index < -0.39 is 30.2 Å². The number of carbonyl (C=O) groups excluding carboxylic acids is 1. The van der Waals surface area contributed by atoms with Gasteiger partial charge in [0.1, 0.15) is 36.8 Å². The van der Waals surface area contributed by atoms with Crippen LogP contribution in [0.4, 0.5) is 5.82 Å². The van der Waals surface area contributed by atoms with Gasteiger partial charge in [-0.15, -0.1) is 0 Å². The zero-order valence-electron chi connectivity index (χ0n) is 16.0. The molecule has 3 heterocycles. The molecule has 2 aromatic heterocycles. The van der Waals surface area contributed by atoms with Crippen molar-refractivity contribution >= 4 is 11.7 Å². The third-order valence-electron chi connectivity index (χ3n) is 4.80. The molecular formula is C19H20N6O5. The first-order valence-electron chi connectivity index (χ1n) is 9.21.